The molecular formula is C18H20F3N3. The first-order valence-electron chi connectivity index (χ1n) is 7.94. The van der Waals surface area contributed by atoms with Crippen LogP contribution < -0.4 is 15.5 Å². The maximum atomic E-state index is 13.1. The van der Waals surface area contributed by atoms with Gasteiger partial charge in [0.15, 0.2) is 0 Å². The third-order valence-electron chi connectivity index (χ3n) is 4.39. The maximum absolute atomic E-state index is 13.1. The molecule has 0 aromatic heterocycles. The third-order valence-corrected chi connectivity index (χ3v) is 4.39. The fourth-order valence-corrected chi connectivity index (χ4v) is 3.27. The third kappa shape index (κ3) is 2.94. The molecule has 0 amide bonds. The van der Waals surface area contributed by atoms with Gasteiger partial charge in [0, 0.05) is 19.6 Å². The Kier molecular flexibility index (Phi) is 4.41. The van der Waals surface area contributed by atoms with Crippen LogP contribution in [0.25, 0.3) is 0 Å². The quantitative estimate of drug-likeness (QED) is 0.921. The fraction of sp³-hybridized carbons (Fsp3) is 0.333. The normalized spacial score (nSPS) is 17.3. The lowest BCUT2D eigenvalue weighted by molar-refractivity contribution is -0.137. The molecule has 0 saturated carbocycles. The van der Waals surface area contributed by atoms with Crippen molar-refractivity contribution >= 4 is 11.4 Å². The van der Waals surface area contributed by atoms with Gasteiger partial charge in [0.2, 0.25) is 0 Å². The Morgan fingerprint density at radius 3 is 2.29 bits per heavy atom. The SMILES string of the molecule is CCN1c2cc(C(F)(F)F)ccc2N(Cc2ccccc2)C1CN. The van der Waals surface area contributed by atoms with Crippen molar-refractivity contribution in [1.29, 1.82) is 0 Å². The van der Waals surface area contributed by atoms with Crippen LogP contribution in [0.5, 0.6) is 0 Å². The highest BCUT2D eigenvalue weighted by Gasteiger charge is 2.37. The van der Waals surface area contributed by atoms with Gasteiger partial charge in [0.1, 0.15) is 6.17 Å². The molecule has 0 radical (unpaired) electrons. The molecule has 1 unspecified atom stereocenters. The summed E-state index contributed by atoms with van der Waals surface area (Å²) in [5, 5.41) is 0. The Bertz CT molecular complexity index is 700. The van der Waals surface area contributed by atoms with Gasteiger partial charge in [-0.15, -0.1) is 0 Å². The molecule has 1 heterocycles. The molecule has 3 nitrogen and oxygen atoms in total. The van der Waals surface area contributed by atoms with E-state index in [2.05, 4.69) is 4.90 Å². The van der Waals surface area contributed by atoms with Crippen molar-refractivity contribution in [2.24, 2.45) is 5.73 Å². The molecular weight excluding hydrogens is 315 g/mol. The van der Waals surface area contributed by atoms with Crippen molar-refractivity contribution < 1.29 is 13.2 Å². The van der Waals surface area contributed by atoms with Gasteiger partial charge < -0.3 is 15.5 Å². The number of alkyl halides is 3. The average Bonchev–Trinajstić information content (AvgIpc) is 2.87. The number of fused-ring (bicyclic) bond motifs is 1. The van der Waals surface area contributed by atoms with Crippen molar-refractivity contribution in [2.45, 2.75) is 25.8 Å². The Morgan fingerprint density at radius 1 is 1.00 bits per heavy atom. The molecule has 1 atom stereocenters. The Hall–Kier alpha value is -2.21. The highest BCUT2D eigenvalue weighted by atomic mass is 19.4. The van der Waals surface area contributed by atoms with Crippen molar-refractivity contribution in [3.05, 3.63) is 59.7 Å². The Labute approximate surface area is 139 Å². The fourth-order valence-electron chi connectivity index (χ4n) is 3.27. The van der Waals surface area contributed by atoms with Gasteiger partial charge in [-0.1, -0.05) is 30.3 Å². The molecule has 2 N–H and O–H groups in total. The number of rotatable bonds is 4. The molecule has 0 spiro atoms. The second-order valence-electron chi connectivity index (χ2n) is 5.82. The molecule has 1 aliphatic heterocycles. The molecule has 0 bridgehead atoms. The van der Waals surface area contributed by atoms with E-state index in [-0.39, 0.29) is 6.17 Å². The minimum atomic E-state index is -4.35. The monoisotopic (exact) mass is 335 g/mol. The molecule has 128 valence electrons. The summed E-state index contributed by atoms with van der Waals surface area (Å²) < 4.78 is 39.2. The van der Waals surface area contributed by atoms with Gasteiger partial charge in [-0.05, 0) is 30.7 Å². The lowest BCUT2D eigenvalue weighted by Gasteiger charge is -2.31. The maximum Gasteiger partial charge on any atom is 0.416 e. The summed E-state index contributed by atoms with van der Waals surface area (Å²) in [5.74, 6) is 0. The van der Waals surface area contributed by atoms with Crippen LogP contribution >= 0.6 is 0 Å². The van der Waals surface area contributed by atoms with Crippen LogP contribution in [0.15, 0.2) is 48.5 Å². The van der Waals surface area contributed by atoms with Crippen LogP contribution in [0.4, 0.5) is 24.5 Å². The molecule has 6 heteroatoms. The lowest BCUT2D eigenvalue weighted by atomic mass is 10.1. The van der Waals surface area contributed by atoms with E-state index < -0.39 is 11.7 Å². The van der Waals surface area contributed by atoms with E-state index in [1.165, 1.54) is 6.07 Å². The summed E-state index contributed by atoms with van der Waals surface area (Å²) in [7, 11) is 0. The Morgan fingerprint density at radius 2 is 1.71 bits per heavy atom. The van der Waals surface area contributed by atoms with Gasteiger partial charge in [-0.2, -0.15) is 13.2 Å². The minimum Gasteiger partial charge on any atom is -0.349 e. The van der Waals surface area contributed by atoms with Gasteiger partial charge in [-0.3, -0.25) is 0 Å². The van der Waals surface area contributed by atoms with E-state index in [9.17, 15) is 13.2 Å². The van der Waals surface area contributed by atoms with E-state index in [0.717, 1.165) is 17.3 Å². The molecule has 0 aliphatic carbocycles. The van der Waals surface area contributed by atoms with Crippen molar-refractivity contribution in [2.75, 3.05) is 22.9 Å². The highest BCUT2D eigenvalue weighted by molar-refractivity contribution is 5.78. The number of nitrogens with zero attached hydrogens (tertiary/aromatic N) is 2. The van der Waals surface area contributed by atoms with E-state index in [0.29, 0.717) is 25.3 Å². The lowest BCUT2D eigenvalue weighted by Crippen LogP contribution is -2.47. The second-order valence-corrected chi connectivity index (χ2v) is 5.82. The number of hydrogen-bond acceptors (Lipinski definition) is 3. The first-order valence-corrected chi connectivity index (χ1v) is 7.94. The summed E-state index contributed by atoms with van der Waals surface area (Å²) in [6.45, 7) is 3.48. The smallest absolute Gasteiger partial charge is 0.349 e. The zero-order chi connectivity index (χ0) is 17.3. The molecule has 0 fully saturated rings. The molecule has 1 aliphatic rings. The van der Waals surface area contributed by atoms with Crippen LogP contribution in [0.3, 0.4) is 0 Å². The van der Waals surface area contributed by atoms with Crippen LogP contribution in [0, 0.1) is 0 Å². The van der Waals surface area contributed by atoms with Crippen LogP contribution in [-0.4, -0.2) is 19.3 Å². The largest absolute Gasteiger partial charge is 0.416 e. The van der Waals surface area contributed by atoms with E-state index in [1.54, 1.807) is 6.07 Å². The topological polar surface area (TPSA) is 32.5 Å². The second kappa shape index (κ2) is 6.36. The standard InChI is InChI=1S/C18H20F3N3/c1-2-23-16-10-14(18(19,20)21)8-9-15(16)24(17(23)11-22)12-13-6-4-3-5-7-13/h3-10,17H,2,11-12,22H2,1H3. The van der Waals surface area contributed by atoms with E-state index >= 15 is 0 Å². The average molecular weight is 335 g/mol. The number of hydrogen-bond donors (Lipinski definition) is 1. The Balaban J connectivity index is 2.02. The first kappa shape index (κ1) is 16.6. The zero-order valence-electron chi connectivity index (χ0n) is 13.4. The summed E-state index contributed by atoms with van der Waals surface area (Å²) in [5.41, 5.74) is 7.80. The number of benzene rings is 2. The summed E-state index contributed by atoms with van der Waals surface area (Å²) >= 11 is 0. The summed E-state index contributed by atoms with van der Waals surface area (Å²) in [6, 6.07) is 13.8. The predicted molar refractivity (Wildman–Crippen MR) is 89.9 cm³/mol. The number of anilines is 2. The predicted octanol–water partition coefficient (Wildman–Crippen LogP) is 3.84. The van der Waals surface area contributed by atoms with Gasteiger partial charge >= 0.3 is 6.18 Å². The summed E-state index contributed by atoms with van der Waals surface area (Å²) in [6.07, 6.45) is -4.49. The van der Waals surface area contributed by atoms with Gasteiger partial charge in [0.05, 0.1) is 16.9 Å². The molecule has 0 saturated heterocycles. The van der Waals surface area contributed by atoms with Crippen molar-refractivity contribution in [3.63, 3.8) is 0 Å². The highest BCUT2D eigenvalue weighted by Crippen LogP contribution is 2.43. The van der Waals surface area contributed by atoms with Crippen molar-refractivity contribution in [3.8, 4) is 0 Å². The van der Waals surface area contributed by atoms with E-state index in [1.807, 2.05) is 42.2 Å². The molecule has 24 heavy (non-hydrogen) atoms. The van der Waals surface area contributed by atoms with Crippen LogP contribution in [0.2, 0.25) is 0 Å². The molecule has 3 rings (SSSR count). The zero-order valence-corrected chi connectivity index (χ0v) is 13.4. The first-order chi connectivity index (χ1) is 11.5. The number of nitrogens with two attached hydrogens (primary N) is 1. The molecule has 2 aromatic carbocycles. The molecule has 2 aromatic rings. The van der Waals surface area contributed by atoms with Gasteiger partial charge in [0.25, 0.3) is 0 Å². The minimum absolute atomic E-state index is 0.145. The van der Waals surface area contributed by atoms with Crippen molar-refractivity contribution in [1.82, 2.24) is 0 Å². The van der Waals surface area contributed by atoms with Crippen LogP contribution in [0.1, 0.15) is 18.1 Å². The number of likely N-dealkylation sites (N-methyl/N-ethyl adjacent to an activating group) is 1. The number of halogens is 3. The van der Waals surface area contributed by atoms with E-state index in [4.69, 9.17) is 5.73 Å². The van der Waals surface area contributed by atoms with Gasteiger partial charge in [-0.25, -0.2) is 0 Å². The van der Waals surface area contributed by atoms with Crippen LogP contribution in [-0.2, 0) is 12.7 Å². The summed E-state index contributed by atoms with van der Waals surface area (Å²) in [4.78, 5) is 4.02.